The Labute approximate surface area is 103 Å². The minimum atomic E-state index is 0.277. The molecule has 0 aliphatic rings. The van der Waals surface area contributed by atoms with Crippen molar-refractivity contribution in [3.05, 3.63) is 46.7 Å². The zero-order valence-electron chi connectivity index (χ0n) is 8.94. The van der Waals surface area contributed by atoms with Crippen molar-refractivity contribution in [3.8, 4) is 5.75 Å². The summed E-state index contributed by atoms with van der Waals surface area (Å²) in [5.41, 5.74) is 2.11. The summed E-state index contributed by atoms with van der Waals surface area (Å²) in [5.74, 6) is 0.277. The Morgan fingerprint density at radius 1 is 1.38 bits per heavy atom. The van der Waals surface area contributed by atoms with Gasteiger partial charge >= 0.3 is 0 Å². The van der Waals surface area contributed by atoms with Gasteiger partial charge in [0.1, 0.15) is 5.75 Å². The lowest BCUT2D eigenvalue weighted by Crippen LogP contribution is -1.97. The maximum Gasteiger partial charge on any atom is 0.117 e. The number of aromatic nitrogens is 1. The van der Waals surface area contributed by atoms with Crippen LogP contribution in [0.25, 0.3) is 0 Å². The van der Waals surface area contributed by atoms with E-state index in [0.717, 1.165) is 16.8 Å². The highest BCUT2D eigenvalue weighted by Crippen LogP contribution is 2.18. The third-order valence-electron chi connectivity index (χ3n) is 2.34. The molecular formula is C12H13BrN2O. The summed E-state index contributed by atoms with van der Waals surface area (Å²) in [6.45, 7) is 0.739. The molecule has 84 valence electrons. The molecular weight excluding hydrogens is 268 g/mol. The molecule has 0 spiro atoms. The Balaban J connectivity index is 2.02. The Bertz CT molecular complexity index is 474. The molecule has 2 aromatic rings. The van der Waals surface area contributed by atoms with Gasteiger partial charge in [0.2, 0.25) is 0 Å². The van der Waals surface area contributed by atoms with Crippen LogP contribution in [-0.2, 0) is 13.6 Å². The standard InChI is InChI=1S/C12H13BrN2O/c1-15-8-9(5-12(15)13)7-14-10-3-2-4-11(16)6-10/h2-6,8,14,16H,7H2,1H3. The van der Waals surface area contributed by atoms with Crippen LogP contribution in [0, 0.1) is 0 Å². The number of nitrogens with one attached hydrogen (secondary N) is 1. The van der Waals surface area contributed by atoms with Gasteiger partial charge in [-0.1, -0.05) is 6.07 Å². The molecule has 0 unspecified atom stereocenters. The molecule has 0 fully saturated rings. The van der Waals surface area contributed by atoms with E-state index in [-0.39, 0.29) is 5.75 Å². The Morgan fingerprint density at radius 3 is 2.81 bits per heavy atom. The van der Waals surface area contributed by atoms with Gasteiger partial charge in [0.15, 0.2) is 0 Å². The van der Waals surface area contributed by atoms with E-state index in [4.69, 9.17) is 0 Å². The highest BCUT2D eigenvalue weighted by molar-refractivity contribution is 9.10. The van der Waals surface area contributed by atoms with Crippen molar-refractivity contribution in [1.82, 2.24) is 4.57 Å². The maximum absolute atomic E-state index is 9.31. The number of benzene rings is 1. The molecule has 0 aliphatic carbocycles. The number of phenolic OH excluding ortho intramolecular Hbond substituents is 1. The number of phenols is 1. The van der Waals surface area contributed by atoms with Crippen molar-refractivity contribution in [2.45, 2.75) is 6.54 Å². The second kappa shape index (κ2) is 4.61. The lowest BCUT2D eigenvalue weighted by Gasteiger charge is -2.04. The molecule has 0 aliphatic heterocycles. The van der Waals surface area contributed by atoms with Gasteiger partial charge in [0.05, 0.1) is 4.60 Å². The first-order valence-electron chi connectivity index (χ1n) is 4.99. The number of aryl methyl sites for hydroxylation is 1. The minimum Gasteiger partial charge on any atom is -0.508 e. The molecule has 1 heterocycles. The van der Waals surface area contributed by atoms with E-state index in [2.05, 4.69) is 33.5 Å². The van der Waals surface area contributed by atoms with Gasteiger partial charge in [-0.05, 0) is 39.7 Å². The molecule has 0 amide bonds. The van der Waals surface area contributed by atoms with Crippen molar-refractivity contribution < 1.29 is 5.11 Å². The van der Waals surface area contributed by atoms with Crippen molar-refractivity contribution in [2.24, 2.45) is 7.05 Å². The van der Waals surface area contributed by atoms with Crippen molar-refractivity contribution >= 4 is 21.6 Å². The summed E-state index contributed by atoms with van der Waals surface area (Å²) in [6, 6.07) is 9.17. The van der Waals surface area contributed by atoms with Crippen LogP contribution in [0.5, 0.6) is 5.75 Å². The van der Waals surface area contributed by atoms with Crippen LogP contribution >= 0.6 is 15.9 Å². The second-order valence-electron chi connectivity index (χ2n) is 3.69. The molecule has 1 aromatic heterocycles. The second-order valence-corrected chi connectivity index (χ2v) is 4.50. The molecule has 2 N–H and O–H groups in total. The van der Waals surface area contributed by atoms with Gasteiger partial charge in [-0.25, -0.2) is 0 Å². The average molecular weight is 281 g/mol. The number of nitrogens with zero attached hydrogens (tertiary/aromatic N) is 1. The van der Waals surface area contributed by atoms with E-state index >= 15 is 0 Å². The van der Waals surface area contributed by atoms with Crippen LogP contribution in [0.15, 0.2) is 41.1 Å². The van der Waals surface area contributed by atoms with Gasteiger partial charge in [-0.3, -0.25) is 0 Å². The smallest absolute Gasteiger partial charge is 0.117 e. The average Bonchev–Trinajstić information content (AvgIpc) is 2.56. The van der Waals surface area contributed by atoms with Crippen LogP contribution < -0.4 is 5.32 Å². The third-order valence-corrected chi connectivity index (χ3v) is 3.13. The van der Waals surface area contributed by atoms with Crippen molar-refractivity contribution in [1.29, 1.82) is 0 Å². The monoisotopic (exact) mass is 280 g/mol. The molecule has 0 bridgehead atoms. The summed E-state index contributed by atoms with van der Waals surface area (Å²) >= 11 is 3.45. The Kier molecular flexibility index (Phi) is 3.19. The van der Waals surface area contributed by atoms with Gasteiger partial charge < -0.3 is 15.0 Å². The van der Waals surface area contributed by atoms with Gasteiger partial charge in [0, 0.05) is 31.5 Å². The van der Waals surface area contributed by atoms with Gasteiger partial charge in [0.25, 0.3) is 0 Å². The highest BCUT2D eigenvalue weighted by atomic mass is 79.9. The largest absolute Gasteiger partial charge is 0.508 e. The van der Waals surface area contributed by atoms with E-state index in [1.165, 1.54) is 5.56 Å². The summed E-state index contributed by atoms with van der Waals surface area (Å²) < 4.78 is 3.07. The van der Waals surface area contributed by atoms with Crippen LogP contribution in [0.2, 0.25) is 0 Å². The van der Waals surface area contributed by atoms with E-state index < -0.39 is 0 Å². The molecule has 0 saturated carbocycles. The molecule has 0 atom stereocenters. The number of anilines is 1. The lowest BCUT2D eigenvalue weighted by atomic mass is 10.3. The number of halogens is 1. The number of hydrogen-bond acceptors (Lipinski definition) is 2. The predicted octanol–water partition coefficient (Wildman–Crippen LogP) is 3.11. The summed E-state index contributed by atoms with van der Waals surface area (Å²) in [7, 11) is 1.99. The first-order chi connectivity index (χ1) is 7.65. The van der Waals surface area contributed by atoms with Crippen molar-refractivity contribution in [3.63, 3.8) is 0 Å². The molecule has 2 rings (SSSR count). The molecule has 3 nitrogen and oxygen atoms in total. The van der Waals surface area contributed by atoms with E-state index in [0.29, 0.717) is 0 Å². The quantitative estimate of drug-likeness (QED) is 0.907. The Hall–Kier alpha value is -1.42. The van der Waals surface area contributed by atoms with Crippen LogP contribution in [0.1, 0.15) is 5.56 Å². The number of hydrogen-bond donors (Lipinski definition) is 2. The normalized spacial score (nSPS) is 10.4. The summed E-state index contributed by atoms with van der Waals surface area (Å²) in [6.07, 6.45) is 2.06. The third kappa shape index (κ3) is 2.58. The number of aromatic hydroxyl groups is 1. The SMILES string of the molecule is Cn1cc(CNc2cccc(O)c2)cc1Br. The maximum atomic E-state index is 9.31. The van der Waals surface area contributed by atoms with E-state index in [9.17, 15) is 5.11 Å². The minimum absolute atomic E-state index is 0.277. The zero-order chi connectivity index (χ0) is 11.5. The van der Waals surface area contributed by atoms with E-state index in [1.54, 1.807) is 12.1 Å². The predicted molar refractivity (Wildman–Crippen MR) is 68.5 cm³/mol. The number of rotatable bonds is 3. The highest BCUT2D eigenvalue weighted by Gasteiger charge is 2.00. The molecule has 4 heteroatoms. The summed E-state index contributed by atoms with van der Waals surface area (Å²) in [5, 5.41) is 12.6. The fourth-order valence-electron chi connectivity index (χ4n) is 1.52. The first kappa shape index (κ1) is 11.1. The van der Waals surface area contributed by atoms with Crippen molar-refractivity contribution in [2.75, 3.05) is 5.32 Å². The van der Waals surface area contributed by atoms with E-state index in [1.807, 2.05) is 23.7 Å². The van der Waals surface area contributed by atoms with Gasteiger partial charge in [-0.15, -0.1) is 0 Å². The zero-order valence-corrected chi connectivity index (χ0v) is 10.5. The molecule has 1 aromatic carbocycles. The molecule has 16 heavy (non-hydrogen) atoms. The fraction of sp³-hybridized carbons (Fsp3) is 0.167. The Morgan fingerprint density at radius 2 is 2.19 bits per heavy atom. The topological polar surface area (TPSA) is 37.2 Å². The lowest BCUT2D eigenvalue weighted by molar-refractivity contribution is 0.475. The first-order valence-corrected chi connectivity index (χ1v) is 5.78. The van der Waals surface area contributed by atoms with Crippen LogP contribution in [0.3, 0.4) is 0 Å². The summed E-state index contributed by atoms with van der Waals surface area (Å²) in [4.78, 5) is 0. The van der Waals surface area contributed by atoms with Crippen LogP contribution in [-0.4, -0.2) is 9.67 Å². The van der Waals surface area contributed by atoms with Crippen LogP contribution in [0.4, 0.5) is 5.69 Å². The van der Waals surface area contributed by atoms with Gasteiger partial charge in [-0.2, -0.15) is 0 Å². The molecule has 0 saturated heterocycles. The fourth-order valence-corrected chi connectivity index (χ4v) is 1.92. The molecule has 0 radical (unpaired) electrons.